The van der Waals surface area contributed by atoms with E-state index in [1.165, 1.54) is 32.4 Å². The summed E-state index contributed by atoms with van der Waals surface area (Å²) in [5.74, 6) is 0.939. The number of hydrogen-bond donors (Lipinski definition) is 0. The Hall–Kier alpha value is -0.0400. The average Bonchev–Trinajstić information content (AvgIpc) is 1.88. The maximum Gasteiger partial charge on any atom is 0.000398 e. The average molecular weight is 157 g/mol. The van der Waals surface area contributed by atoms with Gasteiger partial charge in [-0.2, -0.15) is 0 Å². The van der Waals surface area contributed by atoms with Crippen LogP contribution < -0.4 is 0 Å². The summed E-state index contributed by atoms with van der Waals surface area (Å²) < 4.78 is 0. The molecule has 0 aromatic rings. The molecule has 0 bridgehead atoms. The van der Waals surface area contributed by atoms with Crippen molar-refractivity contribution in [2.45, 2.75) is 40.0 Å². The van der Waals surface area contributed by atoms with Crippen LogP contribution in [0.2, 0.25) is 0 Å². The maximum absolute atomic E-state index is 2.41. The maximum atomic E-state index is 2.41. The minimum absolute atomic E-state index is 0.939. The van der Waals surface area contributed by atoms with Gasteiger partial charge in [0.05, 0.1) is 0 Å². The van der Waals surface area contributed by atoms with Gasteiger partial charge in [0.15, 0.2) is 0 Å². The number of piperidine rings is 1. The van der Waals surface area contributed by atoms with E-state index in [1.54, 1.807) is 0 Å². The fourth-order valence-corrected chi connectivity index (χ4v) is 1.42. The van der Waals surface area contributed by atoms with Crippen molar-refractivity contribution in [2.75, 3.05) is 20.1 Å². The Kier molecular flexibility index (Phi) is 6.63. The van der Waals surface area contributed by atoms with E-state index in [1.807, 2.05) is 0 Å². The van der Waals surface area contributed by atoms with Crippen LogP contribution in [0.15, 0.2) is 0 Å². The highest BCUT2D eigenvalue weighted by molar-refractivity contribution is 4.65. The molecule has 0 aliphatic carbocycles. The van der Waals surface area contributed by atoms with E-state index in [2.05, 4.69) is 32.7 Å². The summed E-state index contributed by atoms with van der Waals surface area (Å²) in [7, 11) is 2.20. The second-order valence-corrected chi connectivity index (χ2v) is 3.72. The smallest absolute Gasteiger partial charge is 0.000398 e. The molecule has 68 valence electrons. The molecule has 0 N–H and O–H groups in total. The molecule has 1 unspecified atom stereocenters. The summed E-state index contributed by atoms with van der Waals surface area (Å²) in [4.78, 5) is 2.41. The van der Waals surface area contributed by atoms with Crippen LogP contribution >= 0.6 is 0 Å². The molecule has 1 nitrogen and oxygen atoms in total. The predicted octanol–water partition coefficient (Wildman–Crippen LogP) is 2.76. The van der Waals surface area contributed by atoms with Gasteiger partial charge in [-0.1, -0.05) is 27.2 Å². The second-order valence-electron chi connectivity index (χ2n) is 3.72. The Morgan fingerprint density at radius 3 is 2.18 bits per heavy atom. The highest BCUT2D eigenvalue weighted by Gasteiger charge is 2.11. The van der Waals surface area contributed by atoms with Crippen molar-refractivity contribution in [1.29, 1.82) is 0 Å². The topological polar surface area (TPSA) is 3.24 Å². The molecule has 1 aliphatic rings. The van der Waals surface area contributed by atoms with Gasteiger partial charge in [0, 0.05) is 6.54 Å². The van der Waals surface area contributed by atoms with Gasteiger partial charge in [0.2, 0.25) is 0 Å². The van der Waals surface area contributed by atoms with Gasteiger partial charge >= 0.3 is 0 Å². The summed E-state index contributed by atoms with van der Waals surface area (Å²) in [5, 5.41) is 0. The molecule has 1 fully saturated rings. The quantitative estimate of drug-likeness (QED) is 0.522. The molecule has 1 heteroatoms. The highest BCUT2D eigenvalue weighted by Crippen LogP contribution is 2.12. The molecule has 0 amide bonds. The van der Waals surface area contributed by atoms with Gasteiger partial charge < -0.3 is 4.90 Å². The van der Waals surface area contributed by atoms with Crippen molar-refractivity contribution in [1.82, 2.24) is 4.90 Å². The standard InChI is InChI=1S/C7H15N.C3H8/c1-7-4-3-5-8(2)6-7;1-3-2/h7H,3-6H2,1-2H3;3H2,1-2H3. The van der Waals surface area contributed by atoms with Crippen molar-refractivity contribution < 1.29 is 0 Å². The van der Waals surface area contributed by atoms with E-state index < -0.39 is 0 Å². The van der Waals surface area contributed by atoms with Gasteiger partial charge in [-0.25, -0.2) is 0 Å². The normalized spacial score (nSPS) is 25.6. The Balaban J connectivity index is 0.000000292. The minimum Gasteiger partial charge on any atom is -0.306 e. The van der Waals surface area contributed by atoms with E-state index in [0.29, 0.717) is 0 Å². The van der Waals surface area contributed by atoms with E-state index in [0.717, 1.165) is 5.92 Å². The highest BCUT2D eigenvalue weighted by atomic mass is 15.1. The van der Waals surface area contributed by atoms with E-state index >= 15 is 0 Å². The molecule has 0 aromatic carbocycles. The van der Waals surface area contributed by atoms with Crippen molar-refractivity contribution >= 4 is 0 Å². The molecule has 0 aromatic heterocycles. The van der Waals surface area contributed by atoms with Crippen molar-refractivity contribution in [3.63, 3.8) is 0 Å². The lowest BCUT2D eigenvalue weighted by Gasteiger charge is -2.26. The van der Waals surface area contributed by atoms with Gasteiger partial charge in [-0.05, 0) is 32.4 Å². The summed E-state index contributed by atoms with van der Waals surface area (Å²) in [5.41, 5.74) is 0. The Labute approximate surface area is 71.8 Å². The van der Waals surface area contributed by atoms with Crippen LogP contribution in [0.25, 0.3) is 0 Å². The Bertz CT molecular complexity index is 72.9. The largest absolute Gasteiger partial charge is 0.306 e. The third kappa shape index (κ3) is 6.36. The first-order valence-electron chi connectivity index (χ1n) is 4.89. The summed E-state index contributed by atoms with van der Waals surface area (Å²) in [6.07, 6.45) is 4.09. The van der Waals surface area contributed by atoms with Gasteiger partial charge in [-0.15, -0.1) is 0 Å². The first-order valence-corrected chi connectivity index (χ1v) is 4.89. The van der Waals surface area contributed by atoms with Gasteiger partial charge in [0.1, 0.15) is 0 Å². The van der Waals surface area contributed by atoms with Gasteiger partial charge in [-0.3, -0.25) is 0 Å². The Morgan fingerprint density at radius 2 is 1.91 bits per heavy atom. The molecule has 1 atom stereocenters. The zero-order valence-electron chi connectivity index (χ0n) is 8.56. The number of likely N-dealkylation sites (tertiary alicyclic amines) is 1. The lowest BCUT2D eigenvalue weighted by atomic mass is 10.0. The summed E-state index contributed by atoms with van der Waals surface area (Å²) in [6.45, 7) is 9.19. The lowest BCUT2D eigenvalue weighted by Crippen LogP contribution is -2.30. The van der Waals surface area contributed by atoms with E-state index in [9.17, 15) is 0 Å². The molecule has 0 saturated carbocycles. The molecule has 0 radical (unpaired) electrons. The van der Waals surface area contributed by atoms with Crippen molar-refractivity contribution in [3.05, 3.63) is 0 Å². The molecule has 1 rings (SSSR count). The molecular weight excluding hydrogens is 134 g/mol. The molecule has 11 heavy (non-hydrogen) atoms. The SMILES string of the molecule is CC1CCCN(C)C1.CCC. The van der Waals surface area contributed by atoms with Crippen LogP contribution in [-0.4, -0.2) is 25.0 Å². The summed E-state index contributed by atoms with van der Waals surface area (Å²) in [6, 6.07) is 0. The van der Waals surface area contributed by atoms with Crippen LogP contribution in [0.1, 0.15) is 40.0 Å². The molecule has 1 aliphatic heterocycles. The van der Waals surface area contributed by atoms with Crippen LogP contribution in [-0.2, 0) is 0 Å². The number of nitrogens with zero attached hydrogens (tertiary/aromatic N) is 1. The third-order valence-corrected chi connectivity index (χ3v) is 1.86. The molecule has 1 saturated heterocycles. The number of rotatable bonds is 0. The minimum atomic E-state index is 0.939. The number of hydrogen-bond acceptors (Lipinski definition) is 1. The monoisotopic (exact) mass is 157 g/mol. The predicted molar refractivity (Wildman–Crippen MR) is 51.9 cm³/mol. The molecular formula is C10H23N. The van der Waals surface area contributed by atoms with Gasteiger partial charge in [0.25, 0.3) is 0 Å². The van der Waals surface area contributed by atoms with Crippen LogP contribution in [0.4, 0.5) is 0 Å². The lowest BCUT2D eigenvalue weighted by molar-refractivity contribution is 0.221. The fraction of sp³-hybridized carbons (Fsp3) is 1.00. The summed E-state index contributed by atoms with van der Waals surface area (Å²) >= 11 is 0. The second kappa shape index (κ2) is 6.66. The molecule has 1 heterocycles. The fourth-order valence-electron chi connectivity index (χ4n) is 1.42. The Morgan fingerprint density at radius 1 is 1.36 bits per heavy atom. The first-order chi connectivity index (χ1) is 5.20. The van der Waals surface area contributed by atoms with E-state index in [-0.39, 0.29) is 0 Å². The van der Waals surface area contributed by atoms with Crippen molar-refractivity contribution in [3.8, 4) is 0 Å². The third-order valence-electron chi connectivity index (χ3n) is 1.86. The van der Waals surface area contributed by atoms with Crippen LogP contribution in [0.5, 0.6) is 0 Å². The van der Waals surface area contributed by atoms with Crippen LogP contribution in [0.3, 0.4) is 0 Å². The van der Waals surface area contributed by atoms with Crippen LogP contribution in [0, 0.1) is 5.92 Å². The zero-order valence-corrected chi connectivity index (χ0v) is 8.56. The first kappa shape index (κ1) is 11.0. The zero-order chi connectivity index (χ0) is 8.69. The molecule has 0 spiro atoms. The van der Waals surface area contributed by atoms with Crippen molar-refractivity contribution in [2.24, 2.45) is 5.92 Å². The van der Waals surface area contributed by atoms with E-state index in [4.69, 9.17) is 0 Å².